The molecule has 190 valence electrons. The molecular formula is C36H23NO3. The maximum atomic E-state index is 6.52. The van der Waals surface area contributed by atoms with Crippen LogP contribution >= 0.6 is 0 Å². The van der Waals surface area contributed by atoms with Crippen LogP contribution in [0.2, 0.25) is 0 Å². The molecule has 0 unspecified atom stereocenters. The molecule has 6 aromatic carbocycles. The minimum Gasteiger partial charge on any atom is -0.456 e. The first-order valence-electron chi connectivity index (χ1n) is 13.3. The fourth-order valence-electron chi connectivity index (χ4n) is 5.50. The number of nitrogens with zero attached hydrogens (tertiary/aromatic N) is 1. The second kappa shape index (κ2) is 9.07. The van der Waals surface area contributed by atoms with Crippen LogP contribution in [0.1, 0.15) is 0 Å². The lowest BCUT2D eigenvalue weighted by molar-refractivity contribution is 0.360. The fourth-order valence-corrected chi connectivity index (χ4v) is 5.50. The van der Waals surface area contributed by atoms with Gasteiger partial charge in [-0.15, -0.1) is 0 Å². The van der Waals surface area contributed by atoms with Crippen LogP contribution in [0.15, 0.2) is 144 Å². The van der Waals surface area contributed by atoms with Crippen LogP contribution in [-0.2, 0) is 0 Å². The quantitative estimate of drug-likeness (QED) is 0.233. The van der Waals surface area contributed by atoms with E-state index >= 15 is 0 Å². The monoisotopic (exact) mass is 517 g/mol. The molecule has 0 atom stereocenters. The largest absolute Gasteiger partial charge is 0.456 e. The van der Waals surface area contributed by atoms with Gasteiger partial charge >= 0.3 is 0 Å². The van der Waals surface area contributed by atoms with Gasteiger partial charge in [0.1, 0.15) is 11.2 Å². The predicted octanol–water partition coefficient (Wildman–Crippen LogP) is 10.6. The van der Waals surface area contributed by atoms with Crippen molar-refractivity contribution in [1.82, 2.24) is 0 Å². The number of ether oxygens (including phenoxy) is 2. The molecule has 0 N–H and O–H groups in total. The Kier molecular flexibility index (Phi) is 5.10. The van der Waals surface area contributed by atoms with Gasteiger partial charge in [-0.3, -0.25) is 0 Å². The van der Waals surface area contributed by atoms with E-state index in [0.717, 1.165) is 50.1 Å². The van der Waals surface area contributed by atoms with E-state index in [1.165, 1.54) is 0 Å². The normalized spacial score (nSPS) is 11.9. The van der Waals surface area contributed by atoms with Gasteiger partial charge in [-0.05, 0) is 54.1 Å². The van der Waals surface area contributed by atoms with E-state index in [1.54, 1.807) is 0 Å². The number of hydrogen-bond acceptors (Lipinski definition) is 4. The molecule has 0 amide bonds. The van der Waals surface area contributed by atoms with Gasteiger partial charge in [0.25, 0.3) is 0 Å². The molecule has 0 fully saturated rings. The van der Waals surface area contributed by atoms with Gasteiger partial charge in [0.05, 0.1) is 17.1 Å². The number of para-hydroxylation sites is 5. The maximum Gasteiger partial charge on any atom is 0.194 e. The Morgan fingerprint density at radius 1 is 0.450 bits per heavy atom. The summed E-state index contributed by atoms with van der Waals surface area (Å²) in [6.45, 7) is 0. The Bertz CT molecular complexity index is 2030. The fraction of sp³-hybridized carbons (Fsp3) is 0. The van der Waals surface area contributed by atoms with Crippen LogP contribution in [-0.4, -0.2) is 0 Å². The van der Waals surface area contributed by atoms with Gasteiger partial charge in [0, 0.05) is 22.4 Å². The first kappa shape index (κ1) is 22.5. The maximum absolute atomic E-state index is 6.52. The van der Waals surface area contributed by atoms with Crippen molar-refractivity contribution >= 4 is 39.0 Å². The van der Waals surface area contributed by atoms with E-state index in [9.17, 15) is 0 Å². The molecule has 4 heteroatoms. The molecule has 1 aliphatic heterocycles. The van der Waals surface area contributed by atoms with Crippen LogP contribution in [0.4, 0.5) is 17.1 Å². The van der Waals surface area contributed by atoms with Crippen LogP contribution in [0.25, 0.3) is 33.1 Å². The van der Waals surface area contributed by atoms with Crippen LogP contribution in [0, 0.1) is 0 Å². The van der Waals surface area contributed by atoms with Crippen molar-refractivity contribution in [1.29, 1.82) is 0 Å². The molecule has 0 saturated heterocycles. The molecular weight excluding hydrogens is 494 g/mol. The van der Waals surface area contributed by atoms with E-state index in [-0.39, 0.29) is 0 Å². The Balaban J connectivity index is 1.38. The lowest BCUT2D eigenvalue weighted by Gasteiger charge is -2.31. The number of anilines is 3. The number of benzene rings is 6. The van der Waals surface area contributed by atoms with Crippen molar-refractivity contribution in [2.75, 3.05) is 4.90 Å². The minimum absolute atomic E-state index is 0.661. The Hall–Kier alpha value is -5.48. The molecule has 0 saturated carbocycles. The zero-order chi connectivity index (χ0) is 26.5. The summed E-state index contributed by atoms with van der Waals surface area (Å²) in [6, 6.07) is 47.2. The van der Waals surface area contributed by atoms with Crippen LogP contribution in [0.5, 0.6) is 23.0 Å². The number of fused-ring (bicyclic) bond motifs is 5. The molecule has 2 heterocycles. The molecule has 1 aromatic heterocycles. The summed E-state index contributed by atoms with van der Waals surface area (Å²) in [5.41, 5.74) is 6.75. The van der Waals surface area contributed by atoms with Gasteiger partial charge in [0.15, 0.2) is 23.0 Å². The second-order valence-electron chi connectivity index (χ2n) is 9.75. The van der Waals surface area contributed by atoms with Gasteiger partial charge in [-0.2, -0.15) is 0 Å². The van der Waals surface area contributed by atoms with Crippen molar-refractivity contribution in [2.24, 2.45) is 0 Å². The van der Waals surface area contributed by atoms with E-state index in [1.807, 2.05) is 60.7 Å². The predicted molar refractivity (Wildman–Crippen MR) is 160 cm³/mol. The zero-order valence-corrected chi connectivity index (χ0v) is 21.5. The van der Waals surface area contributed by atoms with Crippen molar-refractivity contribution < 1.29 is 13.9 Å². The summed E-state index contributed by atoms with van der Waals surface area (Å²) < 4.78 is 19.1. The summed E-state index contributed by atoms with van der Waals surface area (Å²) in [7, 11) is 0. The van der Waals surface area contributed by atoms with Gasteiger partial charge in [-0.1, -0.05) is 84.9 Å². The van der Waals surface area contributed by atoms with Gasteiger partial charge in [0.2, 0.25) is 0 Å². The Morgan fingerprint density at radius 3 is 2.02 bits per heavy atom. The molecule has 0 radical (unpaired) electrons. The van der Waals surface area contributed by atoms with Crippen molar-refractivity contribution in [3.8, 4) is 34.1 Å². The lowest BCUT2D eigenvalue weighted by atomic mass is 10.0. The molecule has 1 aliphatic rings. The highest BCUT2D eigenvalue weighted by atomic mass is 16.6. The Morgan fingerprint density at radius 2 is 1.12 bits per heavy atom. The number of furan rings is 1. The van der Waals surface area contributed by atoms with E-state index in [0.29, 0.717) is 23.0 Å². The molecule has 8 rings (SSSR count). The third-order valence-electron chi connectivity index (χ3n) is 7.33. The average Bonchev–Trinajstić information content (AvgIpc) is 3.39. The molecule has 40 heavy (non-hydrogen) atoms. The summed E-state index contributed by atoms with van der Waals surface area (Å²) in [4.78, 5) is 2.23. The molecule has 7 aromatic rings. The van der Waals surface area contributed by atoms with E-state index < -0.39 is 0 Å². The highest BCUT2D eigenvalue weighted by molar-refractivity contribution is 6.06. The zero-order valence-electron chi connectivity index (χ0n) is 21.5. The lowest BCUT2D eigenvalue weighted by Crippen LogP contribution is -2.13. The highest BCUT2D eigenvalue weighted by Crippen LogP contribution is 2.53. The standard InChI is InChI=1S/C36H23NO3/c1-2-11-24(12-3-1)26-13-4-6-15-29(26)37(25-21-22-28-27-14-5-7-17-31(27)38-35(28)23-25)30-16-10-20-34-36(30)40-33-19-9-8-18-32(33)39-34/h1-23H. The van der Waals surface area contributed by atoms with Crippen LogP contribution in [0.3, 0.4) is 0 Å². The summed E-state index contributed by atoms with van der Waals surface area (Å²) in [6.07, 6.45) is 0. The summed E-state index contributed by atoms with van der Waals surface area (Å²) in [5, 5.41) is 2.19. The van der Waals surface area contributed by atoms with Crippen molar-refractivity contribution in [3.63, 3.8) is 0 Å². The molecule has 0 bridgehead atoms. The third-order valence-corrected chi connectivity index (χ3v) is 7.33. The average molecular weight is 518 g/mol. The SMILES string of the molecule is c1ccc(-c2ccccc2N(c2ccc3c(c2)oc2ccccc23)c2cccc3c2Oc2ccccc2O3)cc1. The van der Waals surface area contributed by atoms with Gasteiger partial charge < -0.3 is 18.8 Å². The minimum atomic E-state index is 0.661. The number of hydrogen-bond donors (Lipinski definition) is 0. The highest BCUT2D eigenvalue weighted by Gasteiger charge is 2.27. The topological polar surface area (TPSA) is 34.8 Å². The molecule has 0 spiro atoms. The van der Waals surface area contributed by atoms with Gasteiger partial charge in [-0.25, -0.2) is 0 Å². The Labute approximate surface area is 231 Å². The summed E-state index contributed by atoms with van der Waals surface area (Å²) >= 11 is 0. The first-order valence-corrected chi connectivity index (χ1v) is 13.3. The smallest absolute Gasteiger partial charge is 0.194 e. The number of rotatable bonds is 4. The van der Waals surface area contributed by atoms with E-state index in [2.05, 4.69) is 83.8 Å². The van der Waals surface area contributed by atoms with E-state index in [4.69, 9.17) is 13.9 Å². The second-order valence-corrected chi connectivity index (χ2v) is 9.75. The molecule has 4 nitrogen and oxygen atoms in total. The first-order chi connectivity index (χ1) is 19.8. The van der Waals surface area contributed by atoms with Crippen molar-refractivity contribution in [2.45, 2.75) is 0 Å². The third kappa shape index (κ3) is 3.62. The van der Waals surface area contributed by atoms with Crippen LogP contribution < -0.4 is 14.4 Å². The van der Waals surface area contributed by atoms with Crippen molar-refractivity contribution in [3.05, 3.63) is 140 Å². The summed E-state index contributed by atoms with van der Waals surface area (Å²) in [5.74, 6) is 2.72. The molecule has 0 aliphatic carbocycles.